The van der Waals surface area contributed by atoms with E-state index in [2.05, 4.69) is 14.7 Å². The van der Waals surface area contributed by atoms with Crippen molar-refractivity contribution in [2.75, 3.05) is 14.2 Å². The predicted molar refractivity (Wildman–Crippen MR) is 103 cm³/mol. The molecule has 0 radical (unpaired) electrons. The van der Waals surface area contributed by atoms with E-state index in [1.807, 2.05) is 31.2 Å². The first-order chi connectivity index (χ1) is 12.8. The van der Waals surface area contributed by atoms with Gasteiger partial charge in [-0.3, -0.25) is 0 Å². The summed E-state index contributed by atoms with van der Waals surface area (Å²) in [5.41, 5.74) is 4.10. The highest BCUT2D eigenvalue weighted by Gasteiger charge is 2.13. The van der Waals surface area contributed by atoms with Crippen LogP contribution in [-0.4, -0.2) is 32.6 Å². The van der Waals surface area contributed by atoms with Crippen molar-refractivity contribution >= 4 is 21.1 Å². The summed E-state index contributed by atoms with van der Waals surface area (Å²) in [6, 6.07) is 9.31. The van der Waals surface area contributed by atoms with E-state index in [-0.39, 0.29) is 6.54 Å². The second kappa shape index (κ2) is 7.47. The molecular weight excluding hydrogens is 368 g/mol. The van der Waals surface area contributed by atoms with Crippen LogP contribution in [0.3, 0.4) is 0 Å². The van der Waals surface area contributed by atoms with Crippen LogP contribution >= 0.6 is 0 Å². The fraction of sp³-hybridized carbons (Fsp3) is 0.222. The molecule has 0 aliphatic carbocycles. The van der Waals surface area contributed by atoms with Crippen LogP contribution in [0, 0.1) is 6.92 Å². The summed E-state index contributed by atoms with van der Waals surface area (Å²) in [6.45, 7) is 2.02. The Balaban J connectivity index is 2.06. The van der Waals surface area contributed by atoms with Gasteiger partial charge in [-0.2, -0.15) is 13.1 Å². The van der Waals surface area contributed by atoms with Crippen molar-refractivity contribution in [3.8, 4) is 22.8 Å². The van der Waals surface area contributed by atoms with E-state index in [4.69, 9.17) is 14.6 Å². The molecule has 1 aromatic heterocycles. The number of nitrogens with two attached hydrogens (primary N) is 1. The number of ether oxygens (including phenoxy) is 2. The maximum Gasteiger partial charge on any atom is 0.274 e. The summed E-state index contributed by atoms with van der Waals surface area (Å²) in [5, 5.41) is 5.81. The number of aromatic nitrogens is 2. The summed E-state index contributed by atoms with van der Waals surface area (Å²) >= 11 is 0. The Hall–Kier alpha value is -2.75. The molecule has 2 aromatic carbocycles. The van der Waals surface area contributed by atoms with Gasteiger partial charge in [0.05, 0.1) is 25.4 Å². The fourth-order valence-electron chi connectivity index (χ4n) is 2.83. The minimum Gasteiger partial charge on any atom is -0.493 e. The molecule has 0 saturated carbocycles. The molecular formula is C18H20N4O4S. The zero-order chi connectivity index (χ0) is 19.6. The molecule has 0 aliphatic heterocycles. The first kappa shape index (κ1) is 19.0. The zero-order valence-corrected chi connectivity index (χ0v) is 16.0. The normalized spacial score (nSPS) is 11.6. The smallest absolute Gasteiger partial charge is 0.274 e. The Morgan fingerprint density at radius 1 is 1.07 bits per heavy atom. The lowest BCUT2D eigenvalue weighted by Crippen LogP contribution is -2.30. The first-order valence-corrected chi connectivity index (χ1v) is 9.61. The number of nitrogens with zero attached hydrogens (tertiary/aromatic N) is 2. The number of nitrogens with one attached hydrogen (secondary N) is 1. The van der Waals surface area contributed by atoms with E-state index in [1.54, 1.807) is 20.3 Å². The summed E-state index contributed by atoms with van der Waals surface area (Å²) in [4.78, 5) is 8.74. The van der Waals surface area contributed by atoms with Crippen molar-refractivity contribution in [3.63, 3.8) is 0 Å². The average molecular weight is 388 g/mol. The number of benzene rings is 2. The van der Waals surface area contributed by atoms with E-state index in [9.17, 15) is 8.42 Å². The zero-order valence-electron chi connectivity index (χ0n) is 15.2. The molecule has 0 spiro atoms. The molecule has 9 heteroatoms. The van der Waals surface area contributed by atoms with E-state index in [0.29, 0.717) is 11.5 Å². The van der Waals surface area contributed by atoms with Gasteiger partial charge in [0, 0.05) is 23.6 Å². The molecule has 8 nitrogen and oxygen atoms in total. The summed E-state index contributed by atoms with van der Waals surface area (Å²) in [7, 11) is -0.594. The van der Waals surface area contributed by atoms with Crippen molar-refractivity contribution in [2.45, 2.75) is 13.5 Å². The van der Waals surface area contributed by atoms with Crippen LogP contribution in [0.25, 0.3) is 22.2 Å². The Bertz CT molecular complexity index is 1100. The van der Waals surface area contributed by atoms with Crippen LogP contribution in [0.2, 0.25) is 0 Å². The number of fused-ring (bicyclic) bond motifs is 1. The lowest BCUT2D eigenvalue weighted by molar-refractivity contribution is 0.356. The van der Waals surface area contributed by atoms with E-state index < -0.39 is 10.2 Å². The molecule has 3 rings (SSSR count). The number of rotatable bonds is 6. The van der Waals surface area contributed by atoms with Crippen molar-refractivity contribution < 1.29 is 17.9 Å². The molecule has 0 aliphatic rings. The number of hydrogen-bond donors (Lipinski definition) is 2. The maximum atomic E-state index is 11.1. The van der Waals surface area contributed by atoms with Gasteiger partial charge < -0.3 is 9.47 Å². The van der Waals surface area contributed by atoms with Gasteiger partial charge in [-0.15, -0.1) is 0 Å². The van der Waals surface area contributed by atoms with Gasteiger partial charge in [0.15, 0.2) is 11.5 Å². The van der Waals surface area contributed by atoms with E-state index in [0.717, 1.165) is 33.3 Å². The molecule has 0 saturated heterocycles. The van der Waals surface area contributed by atoms with E-state index in [1.165, 1.54) is 6.33 Å². The van der Waals surface area contributed by atoms with Crippen LogP contribution in [-0.2, 0) is 16.8 Å². The minimum atomic E-state index is -3.74. The second-order valence-corrected chi connectivity index (χ2v) is 7.33. The summed E-state index contributed by atoms with van der Waals surface area (Å²) < 4.78 is 35.2. The highest BCUT2D eigenvalue weighted by molar-refractivity contribution is 7.87. The summed E-state index contributed by atoms with van der Waals surface area (Å²) in [5.74, 6) is 1.18. The van der Waals surface area contributed by atoms with Gasteiger partial charge in [0.2, 0.25) is 0 Å². The van der Waals surface area contributed by atoms with Crippen molar-refractivity contribution in [1.82, 2.24) is 14.7 Å². The lowest BCUT2D eigenvalue weighted by atomic mass is 10.0. The van der Waals surface area contributed by atoms with Crippen LogP contribution < -0.4 is 19.3 Å². The van der Waals surface area contributed by atoms with Crippen molar-refractivity contribution in [3.05, 3.63) is 47.8 Å². The molecule has 0 bridgehead atoms. The van der Waals surface area contributed by atoms with Gasteiger partial charge in [0.1, 0.15) is 6.33 Å². The molecule has 27 heavy (non-hydrogen) atoms. The molecule has 3 N–H and O–H groups in total. The molecule has 0 amide bonds. The predicted octanol–water partition coefficient (Wildman–Crippen LogP) is 1.92. The third-order valence-electron chi connectivity index (χ3n) is 4.22. The third-order valence-corrected chi connectivity index (χ3v) is 4.77. The quantitative estimate of drug-likeness (QED) is 0.666. The Morgan fingerprint density at radius 2 is 1.78 bits per heavy atom. The van der Waals surface area contributed by atoms with Crippen molar-refractivity contribution in [2.24, 2.45) is 5.14 Å². The second-order valence-electron chi connectivity index (χ2n) is 5.95. The minimum absolute atomic E-state index is 0.125. The van der Waals surface area contributed by atoms with Gasteiger partial charge >= 0.3 is 0 Å². The molecule has 1 heterocycles. The SMILES string of the molecule is COc1cc2ncnc(-c3ccc(CNS(N)(=O)=O)c(C)c3)c2cc1OC. The van der Waals surface area contributed by atoms with Crippen LogP contribution in [0.1, 0.15) is 11.1 Å². The monoisotopic (exact) mass is 388 g/mol. The van der Waals surface area contributed by atoms with E-state index >= 15 is 0 Å². The Kier molecular flexibility index (Phi) is 5.26. The van der Waals surface area contributed by atoms with Crippen molar-refractivity contribution in [1.29, 1.82) is 0 Å². The molecule has 0 fully saturated rings. The average Bonchev–Trinajstić information content (AvgIpc) is 2.64. The number of methoxy groups -OCH3 is 2. The van der Waals surface area contributed by atoms with Crippen LogP contribution in [0.5, 0.6) is 11.5 Å². The molecule has 3 aromatic rings. The van der Waals surface area contributed by atoms with Gasteiger partial charge in [0.25, 0.3) is 10.2 Å². The Morgan fingerprint density at radius 3 is 2.41 bits per heavy atom. The van der Waals surface area contributed by atoms with Gasteiger partial charge in [-0.1, -0.05) is 12.1 Å². The lowest BCUT2D eigenvalue weighted by Gasteiger charge is -2.12. The van der Waals surface area contributed by atoms with Crippen LogP contribution in [0.15, 0.2) is 36.7 Å². The summed E-state index contributed by atoms with van der Waals surface area (Å²) in [6.07, 6.45) is 1.50. The highest BCUT2D eigenvalue weighted by Crippen LogP contribution is 2.35. The third kappa shape index (κ3) is 4.16. The fourth-order valence-corrected chi connectivity index (χ4v) is 3.19. The largest absolute Gasteiger partial charge is 0.493 e. The molecule has 142 valence electrons. The topological polar surface area (TPSA) is 116 Å². The molecule has 0 atom stereocenters. The Labute approximate surface area is 157 Å². The standard InChI is InChI=1S/C18H20N4O4S/c1-11-6-12(4-5-13(11)9-22-27(19,23)24)18-14-7-16(25-2)17(26-3)8-15(14)20-10-21-18/h4-8,10,22H,9H2,1-3H3,(H2,19,23,24). The molecule has 0 unspecified atom stereocenters. The van der Waals surface area contributed by atoms with Crippen LogP contribution in [0.4, 0.5) is 0 Å². The number of aryl methyl sites for hydroxylation is 1. The van der Waals surface area contributed by atoms with Gasteiger partial charge in [-0.25, -0.2) is 15.1 Å². The van der Waals surface area contributed by atoms with Gasteiger partial charge in [-0.05, 0) is 30.2 Å². The number of hydrogen-bond acceptors (Lipinski definition) is 6. The maximum absolute atomic E-state index is 11.1. The highest BCUT2D eigenvalue weighted by atomic mass is 32.2. The first-order valence-electron chi connectivity index (χ1n) is 8.06.